The molecule has 8 nitrogen and oxygen atoms in total. The van der Waals surface area contributed by atoms with Gasteiger partial charge in [-0.15, -0.1) is 11.3 Å². The monoisotopic (exact) mass is 413 g/mol. The highest BCUT2D eigenvalue weighted by atomic mass is 32.1. The van der Waals surface area contributed by atoms with Crippen LogP contribution in [-0.2, 0) is 0 Å². The number of carbonyl (C=O) groups is 1. The second-order valence-corrected chi connectivity index (χ2v) is 7.90. The number of amides is 1. The van der Waals surface area contributed by atoms with E-state index in [1.54, 1.807) is 43.6 Å². The van der Waals surface area contributed by atoms with Crippen molar-refractivity contribution in [2.45, 2.75) is 19.9 Å². The number of carbonyl (C=O) groups excluding carboxylic acids is 1. The van der Waals surface area contributed by atoms with E-state index >= 15 is 0 Å². The summed E-state index contributed by atoms with van der Waals surface area (Å²) in [7, 11) is 3.25. The van der Waals surface area contributed by atoms with E-state index in [2.05, 4.69) is 40.0 Å². The van der Waals surface area contributed by atoms with Crippen molar-refractivity contribution in [1.82, 2.24) is 15.2 Å². The number of nitrogens with zero attached hydrogens (tertiary/aromatic N) is 3. The second kappa shape index (κ2) is 8.78. The molecule has 29 heavy (non-hydrogen) atoms. The van der Waals surface area contributed by atoms with Crippen LogP contribution in [0.1, 0.15) is 33.1 Å². The van der Waals surface area contributed by atoms with Crippen LogP contribution in [0.25, 0.3) is 0 Å². The van der Waals surface area contributed by atoms with Gasteiger partial charge in [0.2, 0.25) is 11.6 Å². The first-order valence-corrected chi connectivity index (χ1v) is 9.81. The number of aryl methyl sites for hydroxylation is 1. The van der Waals surface area contributed by atoms with Crippen molar-refractivity contribution in [3.8, 4) is 5.75 Å². The summed E-state index contributed by atoms with van der Waals surface area (Å²) in [6, 6.07) is 8.89. The van der Waals surface area contributed by atoms with E-state index < -0.39 is 0 Å². The Morgan fingerprint density at radius 1 is 1.24 bits per heavy atom. The third-order valence-electron chi connectivity index (χ3n) is 4.16. The fourth-order valence-electron chi connectivity index (χ4n) is 2.73. The van der Waals surface area contributed by atoms with Gasteiger partial charge in [0.15, 0.2) is 5.75 Å². The first kappa shape index (κ1) is 20.4. The van der Waals surface area contributed by atoms with Gasteiger partial charge >= 0.3 is 0 Å². The minimum absolute atomic E-state index is 0.110. The summed E-state index contributed by atoms with van der Waals surface area (Å²) < 4.78 is 4.89. The molecule has 2 aromatic heterocycles. The van der Waals surface area contributed by atoms with Gasteiger partial charge in [0.1, 0.15) is 0 Å². The maximum atomic E-state index is 12.2. The number of phenolic OH excluding ortho intramolecular Hbond substituents is 1. The summed E-state index contributed by atoms with van der Waals surface area (Å²) >= 11 is 1.68. The van der Waals surface area contributed by atoms with Crippen LogP contribution in [-0.4, -0.2) is 40.3 Å². The van der Waals surface area contributed by atoms with Crippen molar-refractivity contribution >= 4 is 34.6 Å². The summed E-state index contributed by atoms with van der Waals surface area (Å²) in [5.41, 5.74) is 0.512. The lowest BCUT2D eigenvalue weighted by Crippen LogP contribution is -2.21. The molecule has 1 amide bonds. The molecule has 3 rings (SSSR count). The van der Waals surface area contributed by atoms with Gasteiger partial charge < -0.3 is 20.6 Å². The average Bonchev–Trinajstić information content (AvgIpc) is 3.31. The normalized spacial score (nSPS) is 12.1. The predicted molar refractivity (Wildman–Crippen MR) is 114 cm³/mol. The first-order valence-electron chi connectivity index (χ1n) is 8.99. The van der Waals surface area contributed by atoms with Crippen molar-refractivity contribution in [3.63, 3.8) is 0 Å². The van der Waals surface area contributed by atoms with Gasteiger partial charge in [-0.05, 0) is 48.4 Å². The number of rotatable bonds is 7. The van der Waals surface area contributed by atoms with E-state index in [-0.39, 0.29) is 23.3 Å². The molecule has 1 unspecified atom stereocenters. The smallest absolute Gasteiger partial charge is 0.257 e. The highest BCUT2D eigenvalue weighted by Crippen LogP contribution is 2.34. The number of anilines is 3. The number of nitrogens with one attached hydrogen (secondary N) is 2. The van der Waals surface area contributed by atoms with Gasteiger partial charge in [0.25, 0.3) is 5.91 Å². The van der Waals surface area contributed by atoms with Crippen molar-refractivity contribution < 1.29 is 14.5 Å². The molecule has 0 spiro atoms. The Bertz CT molecular complexity index is 1020. The minimum Gasteiger partial charge on any atom is -0.505 e. The Morgan fingerprint density at radius 3 is 2.66 bits per heavy atom. The number of aromatic hydroxyl groups is 1. The molecule has 0 fully saturated rings. The predicted octanol–water partition coefficient (Wildman–Crippen LogP) is 4.32. The Labute approximate surface area is 172 Å². The summed E-state index contributed by atoms with van der Waals surface area (Å²) in [4.78, 5) is 16.0. The Kier molecular flexibility index (Phi) is 6.18. The van der Waals surface area contributed by atoms with Gasteiger partial charge in [0.05, 0.1) is 17.3 Å². The second-order valence-electron chi connectivity index (χ2n) is 6.58. The standard InChI is InChI=1S/C20H23N5O3S/c1-5-7-14(16-11-10-12(2)29-16)21-18-19(24-28-23-18)22-15-9-6-8-13(17(15)26)20(27)25(3)4/h5-11,14,26H,1-4H3,(H,21,23)(H,22,24)/b7-5+. The highest BCUT2D eigenvalue weighted by Gasteiger charge is 2.20. The van der Waals surface area contributed by atoms with Gasteiger partial charge in [-0.2, -0.15) is 0 Å². The zero-order valence-corrected chi connectivity index (χ0v) is 17.4. The van der Waals surface area contributed by atoms with Crippen molar-refractivity contribution in [1.29, 1.82) is 0 Å². The summed E-state index contributed by atoms with van der Waals surface area (Å²) in [5.74, 6) is 0.225. The van der Waals surface area contributed by atoms with Gasteiger partial charge in [0, 0.05) is 23.8 Å². The van der Waals surface area contributed by atoms with Crippen LogP contribution < -0.4 is 10.6 Å². The van der Waals surface area contributed by atoms with Crippen molar-refractivity contribution in [2.24, 2.45) is 0 Å². The van der Waals surface area contributed by atoms with Crippen LogP contribution in [0.15, 0.2) is 47.1 Å². The molecule has 0 saturated heterocycles. The van der Waals surface area contributed by atoms with Crippen LogP contribution in [0, 0.1) is 6.92 Å². The molecule has 0 aliphatic carbocycles. The quantitative estimate of drug-likeness (QED) is 0.391. The molecular weight excluding hydrogens is 390 g/mol. The van der Waals surface area contributed by atoms with E-state index in [0.29, 0.717) is 17.3 Å². The van der Waals surface area contributed by atoms with Crippen LogP contribution >= 0.6 is 11.3 Å². The molecule has 1 aromatic carbocycles. The van der Waals surface area contributed by atoms with Gasteiger partial charge in [-0.1, -0.05) is 18.2 Å². The molecular formula is C20H23N5O3S. The number of hydrogen-bond donors (Lipinski definition) is 3. The molecule has 3 N–H and O–H groups in total. The number of thiophene rings is 1. The molecule has 1 atom stereocenters. The summed E-state index contributed by atoms with van der Waals surface area (Å²) in [6.07, 6.45) is 3.97. The zero-order chi connectivity index (χ0) is 21.0. The van der Waals surface area contributed by atoms with Crippen LogP contribution in [0.4, 0.5) is 17.3 Å². The fraction of sp³-hybridized carbons (Fsp3) is 0.250. The van der Waals surface area contributed by atoms with Crippen molar-refractivity contribution in [3.05, 3.63) is 57.8 Å². The van der Waals surface area contributed by atoms with E-state index in [9.17, 15) is 9.90 Å². The lowest BCUT2D eigenvalue weighted by Gasteiger charge is -2.15. The molecule has 0 saturated carbocycles. The molecule has 0 radical (unpaired) electrons. The lowest BCUT2D eigenvalue weighted by molar-refractivity contribution is 0.0824. The Morgan fingerprint density at radius 2 is 2.00 bits per heavy atom. The topological polar surface area (TPSA) is 104 Å². The number of allylic oxidation sites excluding steroid dienone is 1. The largest absolute Gasteiger partial charge is 0.505 e. The molecule has 0 aliphatic rings. The van der Waals surface area contributed by atoms with E-state index in [1.807, 2.05) is 19.1 Å². The number of benzene rings is 1. The SMILES string of the molecule is C/C=C/C(Nc1nonc1Nc1cccc(C(=O)N(C)C)c1O)c1ccc(C)s1. The Hall–Kier alpha value is -3.33. The molecule has 0 aliphatic heterocycles. The van der Waals surface area contributed by atoms with Gasteiger partial charge in [-0.25, -0.2) is 4.63 Å². The van der Waals surface area contributed by atoms with E-state index in [4.69, 9.17) is 4.63 Å². The number of hydrogen-bond acceptors (Lipinski definition) is 8. The first-order chi connectivity index (χ1) is 13.9. The van der Waals surface area contributed by atoms with Crippen LogP contribution in [0.5, 0.6) is 5.75 Å². The molecule has 3 aromatic rings. The molecule has 0 bridgehead atoms. The lowest BCUT2D eigenvalue weighted by atomic mass is 10.1. The Balaban J connectivity index is 1.86. The number of para-hydroxylation sites is 1. The summed E-state index contributed by atoms with van der Waals surface area (Å²) in [6.45, 7) is 4.00. The minimum atomic E-state index is -0.302. The fourth-order valence-corrected chi connectivity index (χ4v) is 3.63. The van der Waals surface area contributed by atoms with Gasteiger partial charge in [-0.3, -0.25) is 4.79 Å². The number of aromatic nitrogens is 2. The average molecular weight is 414 g/mol. The van der Waals surface area contributed by atoms with Crippen molar-refractivity contribution in [2.75, 3.05) is 24.7 Å². The van der Waals surface area contributed by atoms with Crippen LogP contribution in [0.3, 0.4) is 0 Å². The number of phenols is 1. The highest BCUT2D eigenvalue weighted by molar-refractivity contribution is 7.12. The van der Waals surface area contributed by atoms with Crippen LogP contribution in [0.2, 0.25) is 0 Å². The molecule has 2 heterocycles. The maximum Gasteiger partial charge on any atom is 0.257 e. The maximum absolute atomic E-state index is 12.2. The zero-order valence-electron chi connectivity index (χ0n) is 16.6. The van der Waals surface area contributed by atoms with E-state index in [1.165, 1.54) is 9.78 Å². The third kappa shape index (κ3) is 4.57. The molecule has 9 heteroatoms. The third-order valence-corrected chi connectivity index (χ3v) is 5.24. The summed E-state index contributed by atoms with van der Waals surface area (Å²) in [5, 5.41) is 24.6. The van der Waals surface area contributed by atoms with E-state index in [0.717, 1.165) is 4.88 Å². The molecule has 152 valence electrons.